The highest BCUT2D eigenvalue weighted by Crippen LogP contribution is 2.37. The lowest BCUT2D eigenvalue weighted by atomic mass is 9.91. The first-order valence-electron chi connectivity index (χ1n) is 5.29. The first kappa shape index (κ1) is 17.4. The van der Waals surface area contributed by atoms with Gasteiger partial charge in [-0.2, -0.15) is 0 Å². The second-order valence-corrected chi connectivity index (χ2v) is 6.58. The normalized spacial score (nSPS) is 19.4. The van der Waals surface area contributed by atoms with Crippen LogP contribution >= 0.6 is 34.8 Å². The van der Waals surface area contributed by atoms with Crippen LogP contribution in [0.4, 0.5) is 9.59 Å². The lowest BCUT2D eigenvalue weighted by Crippen LogP contribution is -2.51. The van der Waals surface area contributed by atoms with Crippen molar-refractivity contribution in [1.29, 1.82) is 0 Å². The van der Waals surface area contributed by atoms with Crippen molar-refractivity contribution >= 4 is 47.0 Å². The van der Waals surface area contributed by atoms with Crippen molar-refractivity contribution in [3.05, 3.63) is 0 Å². The van der Waals surface area contributed by atoms with Gasteiger partial charge in [0.2, 0.25) is 10.1 Å². The Kier molecular flexibility index (Phi) is 5.96. The Morgan fingerprint density at radius 3 is 1.80 bits per heavy atom. The van der Waals surface area contributed by atoms with E-state index in [-0.39, 0.29) is 26.4 Å². The van der Waals surface area contributed by atoms with Gasteiger partial charge in [-0.15, -0.1) is 0 Å². The van der Waals surface area contributed by atoms with Gasteiger partial charge in [0.15, 0.2) is 0 Å². The second-order valence-electron chi connectivity index (χ2n) is 4.21. The average Bonchev–Trinajstić information content (AvgIpc) is 2.34. The van der Waals surface area contributed by atoms with E-state index in [1.165, 1.54) is 0 Å². The van der Waals surface area contributed by atoms with Crippen LogP contribution in [0, 0.1) is 5.41 Å². The Balaban J connectivity index is 2.66. The first-order valence-corrected chi connectivity index (χ1v) is 6.42. The largest absolute Gasteiger partial charge is 0.449 e. The molecule has 0 spiro atoms. The standard InChI is InChI=1S/C9H13Cl3N2O6/c10-9(11,12)5-17-1-8(2-18-5,3-19-6(13)15)4-20-7(14)16/h5H,1-4H2,(H2,13,15)(H2,14,16). The third kappa shape index (κ3) is 5.37. The first-order chi connectivity index (χ1) is 9.15. The molecule has 1 saturated heterocycles. The van der Waals surface area contributed by atoms with Gasteiger partial charge < -0.3 is 30.4 Å². The third-order valence-electron chi connectivity index (χ3n) is 2.39. The molecule has 8 nitrogen and oxygen atoms in total. The van der Waals surface area contributed by atoms with Gasteiger partial charge in [-0.3, -0.25) is 0 Å². The molecule has 0 aromatic heterocycles. The smallest absolute Gasteiger partial charge is 0.404 e. The lowest BCUT2D eigenvalue weighted by molar-refractivity contribution is -0.240. The summed E-state index contributed by atoms with van der Waals surface area (Å²) in [7, 11) is 0. The van der Waals surface area contributed by atoms with Gasteiger partial charge in [-0.25, -0.2) is 9.59 Å². The highest BCUT2D eigenvalue weighted by molar-refractivity contribution is 6.67. The molecular weight excluding hydrogens is 338 g/mol. The summed E-state index contributed by atoms with van der Waals surface area (Å²) in [6, 6.07) is 0. The number of hydrogen-bond acceptors (Lipinski definition) is 6. The van der Waals surface area contributed by atoms with Gasteiger partial charge in [0.25, 0.3) is 0 Å². The summed E-state index contributed by atoms with van der Waals surface area (Å²) in [5.41, 5.74) is 8.79. The highest BCUT2D eigenvalue weighted by Gasteiger charge is 2.45. The Morgan fingerprint density at radius 1 is 1.10 bits per heavy atom. The highest BCUT2D eigenvalue weighted by atomic mass is 35.6. The molecule has 1 aliphatic heterocycles. The van der Waals surface area contributed by atoms with Gasteiger partial charge >= 0.3 is 12.2 Å². The van der Waals surface area contributed by atoms with E-state index < -0.39 is 27.7 Å². The maximum absolute atomic E-state index is 10.7. The summed E-state index contributed by atoms with van der Waals surface area (Å²) in [6.45, 7) is -0.511. The van der Waals surface area contributed by atoms with Crippen LogP contribution in [-0.4, -0.2) is 48.7 Å². The molecule has 0 unspecified atom stereocenters. The van der Waals surface area contributed by atoms with Gasteiger partial charge in [-0.1, -0.05) is 34.8 Å². The molecule has 11 heteroatoms. The quantitative estimate of drug-likeness (QED) is 0.726. The van der Waals surface area contributed by atoms with Crippen molar-refractivity contribution in [3.63, 3.8) is 0 Å². The van der Waals surface area contributed by atoms with Crippen LogP contribution in [0.15, 0.2) is 0 Å². The molecule has 0 bridgehead atoms. The number of rotatable bonds is 4. The van der Waals surface area contributed by atoms with E-state index in [9.17, 15) is 9.59 Å². The maximum atomic E-state index is 10.7. The van der Waals surface area contributed by atoms with E-state index in [2.05, 4.69) is 9.47 Å². The zero-order valence-corrected chi connectivity index (χ0v) is 12.4. The minimum Gasteiger partial charge on any atom is -0.449 e. The van der Waals surface area contributed by atoms with Crippen molar-refractivity contribution in [1.82, 2.24) is 0 Å². The minimum absolute atomic E-state index is 0.0495. The van der Waals surface area contributed by atoms with Crippen molar-refractivity contribution in [2.75, 3.05) is 26.4 Å². The van der Waals surface area contributed by atoms with E-state index in [0.717, 1.165) is 0 Å². The fourth-order valence-electron chi connectivity index (χ4n) is 1.44. The lowest BCUT2D eigenvalue weighted by Gasteiger charge is -2.40. The maximum Gasteiger partial charge on any atom is 0.404 e. The number of hydrogen-bond donors (Lipinski definition) is 2. The van der Waals surface area contributed by atoms with Crippen LogP contribution in [-0.2, 0) is 18.9 Å². The van der Waals surface area contributed by atoms with E-state index >= 15 is 0 Å². The number of carbonyl (C=O) groups excluding carboxylic acids is 2. The summed E-state index contributed by atoms with van der Waals surface area (Å²) >= 11 is 16.9. The Labute approximate surface area is 129 Å². The van der Waals surface area contributed by atoms with Crippen molar-refractivity contribution in [3.8, 4) is 0 Å². The minimum atomic E-state index is -1.78. The molecule has 0 atom stereocenters. The fourth-order valence-corrected chi connectivity index (χ4v) is 1.82. The van der Waals surface area contributed by atoms with E-state index in [1.54, 1.807) is 0 Å². The molecule has 1 fully saturated rings. The molecule has 0 aromatic rings. The van der Waals surface area contributed by atoms with Gasteiger partial charge in [0.05, 0.1) is 18.6 Å². The molecule has 0 saturated carbocycles. The van der Waals surface area contributed by atoms with Crippen LogP contribution < -0.4 is 11.5 Å². The Hall–Kier alpha value is -0.670. The molecule has 0 aliphatic carbocycles. The third-order valence-corrected chi connectivity index (χ3v) is 2.92. The van der Waals surface area contributed by atoms with Gasteiger partial charge in [0, 0.05) is 0 Å². The molecule has 0 radical (unpaired) electrons. The van der Waals surface area contributed by atoms with E-state index in [1.807, 2.05) is 0 Å². The Bertz CT molecular complexity index is 347. The molecular formula is C9H13Cl3N2O6. The Morgan fingerprint density at radius 2 is 1.50 bits per heavy atom. The van der Waals surface area contributed by atoms with Crippen molar-refractivity contribution in [2.45, 2.75) is 10.1 Å². The van der Waals surface area contributed by atoms with Crippen LogP contribution in [0.1, 0.15) is 0 Å². The van der Waals surface area contributed by atoms with E-state index in [4.69, 9.17) is 55.7 Å². The van der Waals surface area contributed by atoms with Crippen LogP contribution in [0.5, 0.6) is 0 Å². The zero-order valence-electron chi connectivity index (χ0n) is 10.1. The molecule has 116 valence electrons. The van der Waals surface area contributed by atoms with E-state index in [0.29, 0.717) is 0 Å². The molecule has 1 rings (SSSR count). The van der Waals surface area contributed by atoms with Crippen LogP contribution in [0.3, 0.4) is 0 Å². The van der Waals surface area contributed by atoms with Gasteiger partial charge in [-0.05, 0) is 0 Å². The van der Waals surface area contributed by atoms with Gasteiger partial charge in [0.1, 0.15) is 13.2 Å². The molecule has 1 heterocycles. The summed E-state index contributed by atoms with van der Waals surface area (Å²) in [5.74, 6) is 0. The summed E-state index contributed by atoms with van der Waals surface area (Å²) in [4.78, 5) is 21.3. The number of nitrogens with two attached hydrogens (primary N) is 2. The number of halogens is 3. The molecule has 4 N–H and O–H groups in total. The predicted octanol–water partition coefficient (Wildman–Crippen LogP) is 0.907. The summed E-state index contributed by atoms with van der Waals surface area (Å²) in [5, 5.41) is 0. The SMILES string of the molecule is NC(=O)OCC1(COC(N)=O)COC(C(Cl)(Cl)Cl)OC1. The topological polar surface area (TPSA) is 123 Å². The number of primary amides is 2. The van der Waals surface area contributed by atoms with Crippen molar-refractivity contribution in [2.24, 2.45) is 16.9 Å². The number of amides is 2. The number of alkyl halides is 3. The number of carbonyl (C=O) groups is 2. The zero-order chi connectivity index (χ0) is 15.4. The van der Waals surface area contributed by atoms with Crippen LogP contribution in [0.2, 0.25) is 0 Å². The summed E-state index contributed by atoms with van der Waals surface area (Å²) < 4.78 is 18.1. The van der Waals surface area contributed by atoms with Crippen LogP contribution in [0.25, 0.3) is 0 Å². The number of ether oxygens (including phenoxy) is 4. The monoisotopic (exact) mass is 350 g/mol. The molecule has 0 aromatic carbocycles. The second kappa shape index (κ2) is 6.86. The fraction of sp³-hybridized carbons (Fsp3) is 0.778. The predicted molar refractivity (Wildman–Crippen MR) is 69.5 cm³/mol. The van der Waals surface area contributed by atoms with Crippen molar-refractivity contribution < 1.29 is 28.5 Å². The summed E-state index contributed by atoms with van der Waals surface area (Å²) in [6.07, 6.45) is -3.08. The average molecular weight is 352 g/mol. The molecule has 1 aliphatic rings. The molecule has 20 heavy (non-hydrogen) atoms. The molecule has 2 amide bonds.